The van der Waals surface area contributed by atoms with Gasteiger partial charge < -0.3 is 25.4 Å². The third-order valence-electron chi connectivity index (χ3n) is 2.11. The van der Waals surface area contributed by atoms with Crippen LogP contribution in [0.3, 0.4) is 0 Å². The van der Waals surface area contributed by atoms with Crippen LogP contribution >= 0.6 is 0 Å². The molecule has 1 rings (SSSR count). The first-order valence-corrected chi connectivity index (χ1v) is 4.45. The standard InChI is InChI=1S/C10H15NO4/c1-14-9-4-6(7(11)5-12)3-8(13)10(9)15-2/h3-4,7,12-13H,5,11H2,1-2H3/t7-/m0/s1. The molecule has 0 saturated heterocycles. The Kier molecular flexibility index (Phi) is 3.76. The minimum Gasteiger partial charge on any atom is -0.504 e. The van der Waals surface area contributed by atoms with Crippen molar-refractivity contribution >= 4 is 0 Å². The fourth-order valence-electron chi connectivity index (χ4n) is 1.28. The van der Waals surface area contributed by atoms with E-state index in [0.717, 1.165) is 0 Å². The number of aliphatic hydroxyl groups excluding tert-OH is 1. The maximum atomic E-state index is 9.61. The lowest BCUT2D eigenvalue weighted by Gasteiger charge is -2.14. The highest BCUT2D eigenvalue weighted by molar-refractivity contribution is 5.53. The lowest BCUT2D eigenvalue weighted by molar-refractivity contribution is 0.267. The molecule has 1 aromatic carbocycles. The van der Waals surface area contributed by atoms with Gasteiger partial charge >= 0.3 is 0 Å². The molecule has 0 aliphatic heterocycles. The van der Waals surface area contributed by atoms with Crippen LogP contribution in [0.15, 0.2) is 12.1 Å². The summed E-state index contributed by atoms with van der Waals surface area (Å²) in [6.45, 7) is -0.199. The van der Waals surface area contributed by atoms with Crippen LogP contribution in [-0.2, 0) is 0 Å². The van der Waals surface area contributed by atoms with E-state index in [1.807, 2.05) is 0 Å². The third-order valence-corrected chi connectivity index (χ3v) is 2.11. The Hall–Kier alpha value is -1.46. The number of ether oxygens (including phenoxy) is 2. The van der Waals surface area contributed by atoms with Gasteiger partial charge in [-0.05, 0) is 17.7 Å². The molecule has 0 spiro atoms. The van der Waals surface area contributed by atoms with Gasteiger partial charge in [0.2, 0.25) is 5.75 Å². The van der Waals surface area contributed by atoms with Gasteiger partial charge in [0, 0.05) is 0 Å². The van der Waals surface area contributed by atoms with Gasteiger partial charge in [0.15, 0.2) is 11.5 Å². The second-order valence-corrected chi connectivity index (χ2v) is 3.06. The number of rotatable bonds is 4. The van der Waals surface area contributed by atoms with Gasteiger partial charge in [0.25, 0.3) is 0 Å². The zero-order valence-electron chi connectivity index (χ0n) is 8.73. The maximum Gasteiger partial charge on any atom is 0.203 e. The van der Waals surface area contributed by atoms with Gasteiger partial charge in [-0.15, -0.1) is 0 Å². The van der Waals surface area contributed by atoms with E-state index in [4.69, 9.17) is 20.3 Å². The van der Waals surface area contributed by atoms with Crippen LogP contribution in [0.25, 0.3) is 0 Å². The molecule has 0 unspecified atom stereocenters. The number of aromatic hydroxyl groups is 1. The van der Waals surface area contributed by atoms with Crippen LogP contribution in [0.4, 0.5) is 0 Å². The smallest absolute Gasteiger partial charge is 0.203 e. The van der Waals surface area contributed by atoms with Crippen LogP contribution < -0.4 is 15.2 Å². The molecule has 1 atom stereocenters. The van der Waals surface area contributed by atoms with Crippen molar-refractivity contribution in [1.82, 2.24) is 0 Å². The molecule has 0 saturated carbocycles. The molecule has 1 aromatic rings. The zero-order valence-corrected chi connectivity index (χ0v) is 8.73. The van der Waals surface area contributed by atoms with Crippen LogP contribution in [0.1, 0.15) is 11.6 Å². The summed E-state index contributed by atoms with van der Waals surface area (Å²) < 4.78 is 9.99. The summed E-state index contributed by atoms with van der Waals surface area (Å²) in [4.78, 5) is 0. The number of benzene rings is 1. The molecule has 0 fully saturated rings. The average Bonchev–Trinajstić information content (AvgIpc) is 2.26. The van der Waals surface area contributed by atoms with E-state index < -0.39 is 6.04 Å². The fraction of sp³-hybridized carbons (Fsp3) is 0.400. The predicted molar refractivity (Wildman–Crippen MR) is 55.2 cm³/mol. The van der Waals surface area contributed by atoms with E-state index in [1.165, 1.54) is 20.3 Å². The molecule has 84 valence electrons. The summed E-state index contributed by atoms with van der Waals surface area (Å²) in [5.41, 5.74) is 6.21. The molecule has 0 heterocycles. The molecule has 0 radical (unpaired) electrons. The molecule has 4 N–H and O–H groups in total. The highest BCUT2D eigenvalue weighted by Crippen LogP contribution is 2.38. The van der Waals surface area contributed by atoms with Gasteiger partial charge in [0.05, 0.1) is 26.9 Å². The van der Waals surface area contributed by atoms with Crippen LogP contribution in [0.5, 0.6) is 17.2 Å². The highest BCUT2D eigenvalue weighted by Gasteiger charge is 2.14. The van der Waals surface area contributed by atoms with Crippen LogP contribution in [-0.4, -0.2) is 31.0 Å². The molecule has 0 aromatic heterocycles. The van der Waals surface area contributed by atoms with Gasteiger partial charge in [-0.2, -0.15) is 0 Å². The Balaban J connectivity index is 3.19. The van der Waals surface area contributed by atoms with E-state index >= 15 is 0 Å². The molecule has 5 heteroatoms. The largest absolute Gasteiger partial charge is 0.504 e. The van der Waals surface area contributed by atoms with E-state index in [1.54, 1.807) is 6.07 Å². The second kappa shape index (κ2) is 4.86. The fourth-order valence-corrected chi connectivity index (χ4v) is 1.28. The molecular weight excluding hydrogens is 198 g/mol. The number of phenolic OH excluding ortho intramolecular Hbond substituents is 1. The van der Waals surface area contributed by atoms with Crippen molar-refractivity contribution in [2.45, 2.75) is 6.04 Å². The second-order valence-electron chi connectivity index (χ2n) is 3.06. The normalized spacial score (nSPS) is 12.3. The third kappa shape index (κ3) is 2.31. The van der Waals surface area contributed by atoms with Crippen LogP contribution in [0, 0.1) is 0 Å². The number of methoxy groups -OCH3 is 2. The van der Waals surface area contributed by atoms with Crippen molar-refractivity contribution in [3.05, 3.63) is 17.7 Å². The zero-order chi connectivity index (χ0) is 11.4. The van der Waals surface area contributed by atoms with Gasteiger partial charge in [-0.25, -0.2) is 0 Å². The first-order chi connectivity index (χ1) is 7.13. The molecule has 0 aliphatic carbocycles. The van der Waals surface area contributed by atoms with E-state index in [2.05, 4.69) is 0 Å². The van der Waals surface area contributed by atoms with Crippen molar-refractivity contribution in [3.8, 4) is 17.2 Å². The minimum atomic E-state index is -0.546. The SMILES string of the molecule is COc1cc([C@@H](N)CO)cc(O)c1OC. The Morgan fingerprint density at radius 3 is 2.47 bits per heavy atom. The van der Waals surface area contributed by atoms with Gasteiger partial charge in [-0.1, -0.05) is 0 Å². The quantitative estimate of drug-likeness (QED) is 0.674. The number of phenols is 1. The molecule has 0 bridgehead atoms. The van der Waals surface area contributed by atoms with Crippen molar-refractivity contribution < 1.29 is 19.7 Å². The lowest BCUT2D eigenvalue weighted by atomic mass is 10.1. The first kappa shape index (κ1) is 11.6. The van der Waals surface area contributed by atoms with Gasteiger partial charge in [0.1, 0.15) is 0 Å². The van der Waals surface area contributed by atoms with E-state index in [0.29, 0.717) is 11.3 Å². The number of aliphatic hydroxyl groups is 1. The van der Waals surface area contributed by atoms with Crippen molar-refractivity contribution in [1.29, 1.82) is 0 Å². The van der Waals surface area contributed by atoms with E-state index in [9.17, 15) is 5.11 Å². The summed E-state index contributed by atoms with van der Waals surface area (Å²) in [6.07, 6.45) is 0. The molecular formula is C10H15NO4. The Bertz CT molecular complexity index is 340. The predicted octanol–water partition coefficient (Wildman–Crippen LogP) is 0.401. The summed E-state index contributed by atoms with van der Waals surface area (Å²) in [5, 5.41) is 18.5. The number of hydrogen-bond acceptors (Lipinski definition) is 5. The minimum absolute atomic E-state index is 0.0595. The molecule has 0 amide bonds. The summed E-state index contributed by atoms with van der Waals surface area (Å²) in [7, 11) is 2.90. The number of nitrogens with two attached hydrogens (primary N) is 1. The Labute approximate surface area is 88.0 Å². The molecule has 5 nitrogen and oxygen atoms in total. The molecule has 0 aliphatic rings. The van der Waals surface area contributed by atoms with Gasteiger partial charge in [-0.3, -0.25) is 0 Å². The average molecular weight is 213 g/mol. The first-order valence-electron chi connectivity index (χ1n) is 4.45. The van der Waals surface area contributed by atoms with Crippen molar-refractivity contribution in [3.63, 3.8) is 0 Å². The molecule has 15 heavy (non-hydrogen) atoms. The highest BCUT2D eigenvalue weighted by atomic mass is 16.5. The monoisotopic (exact) mass is 213 g/mol. The Morgan fingerprint density at radius 1 is 1.33 bits per heavy atom. The van der Waals surface area contributed by atoms with E-state index in [-0.39, 0.29) is 18.1 Å². The Morgan fingerprint density at radius 2 is 2.00 bits per heavy atom. The summed E-state index contributed by atoms with van der Waals surface area (Å²) in [6, 6.07) is 2.53. The lowest BCUT2D eigenvalue weighted by Crippen LogP contribution is -2.14. The van der Waals surface area contributed by atoms with Crippen LogP contribution in [0.2, 0.25) is 0 Å². The maximum absolute atomic E-state index is 9.61. The van der Waals surface area contributed by atoms with Crippen molar-refractivity contribution in [2.24, 2.45) is 5.73 Å². The van der Waals surface area contributed by atoms with Crippen molar-refractivity contribution in [2.75, 3.05) is 20.8 Å². The topological polar surface area (TPSA) is 84.9 Å². The summed E-state index contributed by atoms with van der Waals surface area (Å²) in [5.74, 6) is 0.582. The summed E-state index contributed by atoms with van der Waals surface area (Å²) >= 11 is 0. The number of hydrogen-bond donors (Lipinski definition) is 3.